The fourth-order valence-corrected chi connectivity index (χ4v) is 3.04. The highest BCUT2D eigenvalue weighted by Gasteiger charge is 2.15. The van der Waals surface area contributed by atoms with Crippen LogP contribution in [0.5, 0.6) is 5.75 Å². The second-order valence-corrected chi connectivity index (χ2v) is 7.04. The first kappa shape index (κ1) is 18.3. The van der Waals surface area contributed by atoms with Crippen molar-refractivity contribution in [3.63, 3.8) is 0 Å². The Hall–Kier alpha value is -3.50. The number of anilines is 1. The Labute approximate surface area is 152 Å². The van der Waals surface area contributed by atoms with Crippen LogP contribution in [0.1, 0.15) is 10.4 Å². The van der Waals surface area contributed by atoms with Crippen molar-refractivity contribution in [1.82, 2.24) is 0 Å². The van der Waals surface area contributed by atoms with Gasteiger partial charge in [0, 0.05) is 34.8 Å². The first-order valence-electron chi connectivity index (χ1n) is 7.45. The molecule has 0 aliphatic heterocycles. The molecule has 0 heterocycles. The van der Waals surface area contributed by atoms with E-state index in [1.165, 1.54) is 36.4 Å². The lowest BCUT2D eigenvalue weighted by Gasteiger charge is -2.09. The summed E-state index contributed by atoms with van der Waals surface area (Å²) in [5.41, 5.74) is -0.0683. The SMILES string of the molecule is O=C(Nc1cc(O)c2ccc(S(=O)(=O)O)cc2c1)c1cccc([N+](=O)[O-])c1. The lowest BCUT2D eigenvalue weighted by atomic mass is 10.1. The minimum absolute atomic E-state index is 0.0375. The van der Waals surface area contributed by atoms with Gasteiger partial charge in [-0.25, -0.2) is 0 Å². The van der Waals surface area contributed by atoms with Gasteiger partial charge < -0.3 is 10.4 Å². The highest BCUT2D eigenvalue weighted by atomic mass is 32.2. The molecule has 0 bridgehead atoms. The first-order chi connectivity index (χ1) is 12.6. The molecule has 0 fully saturated rings. The van der Waals surface area contributed by atoms with Crippen LogP contribution in [0, 0.1) is 10.1 Å². The van der Waals surface area contributed by atoms with Gasteiger partial charge in [-0.1, -0.05) is 6.07 Å². The van der Waals surface area contributed by atoms with Gasteiger partial charge in [0.15, 0.2) is 0 Å². The zero-order valence-corrected chi connectivity index (χ0v) is 14.3. The number of rotatable bonds is 4. The summed E-state index contributed by atoms with van der Waals surface area (Å²) in [6, 6.07) is 11.4. The predicted octanol–water partition coefficient (Wildman–Crippen LogP) is 2.95. The van der Waals surface area contributed by atoms with E-state index < -0.39 is 20.9 Å². The van der Waals surface area contributed by atoms with Crippen molar-refractivity contribution in [3.05, 3.63) is 70.3 Å². The number of fused-ring (bicyclic) bond motifs is 1. The van der Waals surface area contributed by atoms with E-state index in [0.717, 1.165) is 18.2 Å². The average Bonchev–Trinajstić information content (AvgIpc) is 2.60. The summed E-state index contributed by atoms with van der Waals surface area (Å²) in [4.78, 5) is 22.1. The number of phenols is 1. The van der Waals surface area contributed by atoms with Crippen LogP contribution >= 0.6 is 0 Å². The summed E-state index contributed by atoms with van der Waals surface area (Å²) in [6.45, 7) is 0. The molecule has 0 aliphatic rings. The molecule has 0 spiro atoms. The number of carbonyl (C=O) groups is 1. The van der Waals surface area contributed by atoms with E-state index in [1.54, 1.807) is 0 Å². The zero-order valence-electron chi connectivity index (χ0n) is 13.5. The molecule has 3 aromatic carbocycles. The second kappa shape index (κ2) is 6.67. The van der Waals surface area contributed by atoms with Crippen LogP contribution in [0.25, 0.3) is 10.8 Å². The number of nitrogens with one attached hydrogen (secondary N) is 1. The van der Waals surface area contributed by atoms with Crippen molar-refractivity contribution in [3.8, 4) is 5.75 Å². The van der Waals surface area contributed by atoms with E-state index in [1.807, 2.05) is 0 Å². The monoisotopic (exact) mass is 388 g/mol. The number of carbonyl (C=O) groups excluding carboxylic acids is 1. The number of phenolic OH excluding ortho intramolecular Hbond substituents is 1. The maximum Gasteiger partial charge on any atom is 0.294 e. The number of aromatic hydroxyl groups is 1. The Morgan fingerprint density at radius 2 is 1.81 bits per heavy atom. The number of amides is 1. The first-order valence-corrected chi connectivity index (χ1v) is 8.89. The molecule has 0 saturated heterocycles. The molecule has 0 aromatic heterocycles. The van der Waals surface area contributed by atoms with Gasteiger partial charge >= 0.3 is 0 Å². The third-order valence-corrected chi connectivity index (χ3v) is 4.63. The van der Waals surface area contributed by atoms with Gasteiger partial charge in [0.05, 0.1) is 9.82 Å². The molecular weight excluding hydrogens is 376 g/mol. The number of non-ortho nitro benzene ring substituents is 1. The third-order valence-electron chi connectivity index (χ3n) is 3.78. The Morgan fingerprint density at radius 1 is 1.07 bits per heavy atom. The average molecular weight is 388 g/mol. The van der Waals surface area contributed by atoms with Crippen LogP contribution < -0.4 is 5.32 Å². The zero-order chi connectivity index (χ0) is 19.8. The Kier molecular flexibility index (Phi) is 4.52. The second-order valence-electron chi connectivity index (χ2n) is 5.61. The fraction of sp³-hybridized carbons (Fsp3) is 0. The summed E-state index contributed by atoms with van der Waals surface area (Å²) in [6.07, 6.45) is 0. The van der Waals surface area contributed by atoms with Crippen molar-refractivity contribution in [2.75, 3.05) is 5.32 Å². The summed E-state index contributed by atoms with van der Waals surface area (Å²) >= 11 is 0. The quantitative estimate of drug-likeness (QED) is 0.354. The lowest BCUT2D eigenvalue weighted by molar-refractivity contribution is -0.384. The molecule has 3 rings (SSSR count). The molecule has 0 atom stereocenters. The van der Waals surface area contributed by atoms with Crippen molar-refractivity contribution in [2.45, 2.75) is 4.90 Å². The van der Waals surface area contributed by atoms with Gasteiger partial charge in [0.2, 0.25) is 0 Å². The van der Waals surface area contributed by atoms with Gasteiger partial charge in [0.1, 0.15) is 5.75 Å². The minimum Gasteiger partial charge on any atom is -0.507 e. The summed E-state index contributed by atoms with van der Waals surface area (Å²) in [7, 11) is -4.43. The van der Waals surface area contributed by atoms with E-state index in [4.69, 9.17) is 4.55 Å². The molecule has 0 aliphatic carbocycles. The standard InChI is InChI=1S/C17H12N2O7S/c20-16-9-12(6-11-8-14(27(24,25)26)4-5-15(11)16)18-17(21)10-2-1-3-13(7-10)19(22)23/h1-9,20H,(H,18,21)(H,24,25,26). The number of hydrogen-bond donors (Lipinski definition) is 3. The highest BCUT2D eigenvalue weighted by molar-refractivity contribution is 7.85. The third kappa shape index (κ3) is 3.86. The normalized spacial score (nSPS) is 11.3. The van der Waals surface area contributed by atoms with Crippen LogP contribution in [0.15, 0.2) is 59.5 Å². The molecule has 138 valence electrons. The van der Waals surface area contributed by atoms with E-state index in [9.17, 15) is 28.4 Å². The fourth-order valence-electron chi connectivity index (χ4n) is 2.52. The van der Waals surface area contributed by atoms with Crippen LogP contribution in [0.3, 0.4) is 0 Å². The van der Waals surface area contributed by atoms with E-state index in [0.29, 0.717) is 5.39 Å². The summed E-state index contributed by atoms with van der Waals surface area (Å²) in [5, 5.41) is 24.0. The van der Waals surface area contributed by atoms with Crippen LogP contribution in [0.4, 0.5) is 11.4 Å². The molecular formula is C17H12N2O7S. The number of hydrogen-bond acceptors (Lipinski definition) is 6. The summed E-state index contributed by atoms with van der Waals surface area (Å²) in [5.74, 6) is -0.868. The molecule has 9 nitrogen and oxygen atoms in total. The van der Waals surface area contributed by atoms with E-state index in [2.05, 4.69) is 5.32 Å². The Bertz CT molecular complexity index is 1190. The molecule has 3 N–H and O–H groups in total. The van der Waals surface area contributed by atoms with Crippen molar-refractivity contribution < 1.29 is 27.8 Å². The summed E-state index contributed by atoms with van der Waals surface area (Å²) < 4.78 is 31.7. The van der Waals surface area contributed by atoms with Crippen LogP contribution in [0.2, 0.25) is 0 Å². The van der Waals surface area contributed by atoms with Crippen LogP contribution in [-0.2, 0) is 10.1 Å². The smallest absolute Gasteiger partial charge is 0.294 e. The van der Waals surface area contributed by atoms with Gasteiger partial charge in [0.25, 0.3) is 21.7 Å². The largest absolute Gasteiger partial charge is 0.507 e. The molecule has 0 saturated carbocycles. The topological polar surface area (TPSA) is 147 Å². The number of benzene rings is 3. The molecule has 3 aromatic rings. The van der Waals surface area contributed by atoms with Gasteiger partial charge in [-0.05, 0) is 35.7 Å². The van der Waals surface area contributed by atoms with Gasteiger partial charge in [-0.2, -0.15) is 8.42 Å². The number of nitro benzene ring substituents is 1. The molecule has 27 heavy (non-hydrogen) atoms. The number of nitrogens with zero attached hydrogens (tertiary/aromatic N) is 1. The van der Waals surface area contributed by atoms with Crippen molar-refractivity contribution >= 4 is 38.2 Å². The maximum atomic E-state index is 12.3. The Morgan fingerprint density at radius 3 is 2.48 bits per heavy atom. The number of nitro groups is 1. The minimum atomic E-state index is -4.43. The van der Waals surface area contributed by atoms with Gasteiger partial charge in [-0.3, -0.25) is 19.5 Å². The molecule has 0 unspecified atom stereocenters. The lowest BCUT2D eigenvalue weighted by Crippen LogP contribution is -2.12. The highest BCUT2D eigenvalue weighted by Crippen LogP contribution is 2.31. The molecule has 0 radical (unpaired) electrons. The van der Waals surface area contributed by atoms with Crippen molar-refractivity contribution in [1.29, 1.82) is 0 Å². The van der Waals surface area contributed by atoms with Crippen LogP contribution in [-0.4, -0.2) is 28.9 Å². The van der Waals surface area contributed by atoms with Gasteiger partial charge in [-0.15, -0.1) is 0 Å². The van der Waals surface area contributed by atoms with Crippen molar-refractivity contribution in [2.24, 2.45) is 0 Å². The molecule has 1 amide bonds. The van der Waals surface area contributed by atoms with E-state index >= 15 is 0 Å². The maximum absolute atomic E-state index is 12.3. The predicted molar refractivity (Wildman–Crippen MR) is 96.5 cm³/mol. The van der Waals surface area contributed by atoms with E-state index in [-0.39, 0.29) is 33.0 Å². The Balaban J connectivity index is 1.98. The molecule has 10 heteroatoms.